The molecule has 0 aliphatic rings. The van der Waals surface area contributed by atoms with E-state index in [0.717, 1.165) is 35.2 Å². The molecule has 144 valence electrons. The second-order valence-electron chi connectivity index (χ2n) is 6.63. The van der Waals surface area contributed by atoms with Gasteiger partial charge in [0.1, 0.15) is 11.6 Å². The number of hydrogen-bond donors (Lipinski definition) is 3. The second kappa shape index (κ2) is 9.55. The van der Waals surface area contributed by atoms with Crippen LogP contribution in [0.2, 0.25) is 0 Å². The quantitative estimate of drug-likeness (QED) is 0.559. The Kier molecular flexibility index (Phi) is 6.63. The number of benzene rings is 3. The number of carbonyl (C=O) groups is 1. The van der Waals surface area contributed by atoms with Crippen molar-refractivity contribution < 1.29 is 14.3 Å². The number of phenolic OH excluding ortho intramolecular Hbond substituents is 1. The molecule has 0 saturated carbocycles. The number of urea groups is 1. The van der Waals surface area contributed by atoms with Crippen LogP contribution in [0.1, 0.15) is 16.7 Å². The number of hydrogen-bond acceptors (Lipinski definition) is 2. The summed E-state index contributed by atoms with van der Waals surface area (Å²) < 4.78 is 13.3. The van der Waals surface area contributed by atoms with Gasteiger partial charge in [-0.15, -0.1) is 0 Å². The molecule has 4 nitrogen and oxygen atoms in total. The lowest BCUT2D eigenvalue weighted by atomic mass is 10.0. The van der Waals surface area contributed by atoms with Crippen molar-refractivity contribution in [3.05, 3.63) is 95.3 Å². The van der Waals surface area contributed by atoms with Crippen LogP contribution >= 0.6 is 0 Å². The van der Waals surface area contributed by atoms with Gasteiger partial charge in [0.15, 0.2) is 0 Å². The van der Waals surface area contributed by atoms with Crippen molar-refractivity contribution in [2.75, 3.05) is 11.9 Å². The summed E-state index contributed by atoms with van der Waals surface area (Å²) in [5.74, 6) is 0.00336. The van der Waals surface area contributed by atoms with E-state index in [0.29, 0.717) is 13.0 Å². The first kappa shape index (κ1) is 19.4. The molecule has 3 aromatic rings. The van der Waals surface area contributed by atoms with E-state index in [1.807, 2.05) is 42.5 Å². The third-order valence-electron chi connectivity index (χ3n) is 4.41. The Bertz CT molecular complexity index is 926. The molecule has 0 atom stereocenters. The summed E-state index contributed by atoms with van der Waals surface area (Å²) in [7, 11) is 0. The van der Waals surface area contributed by atoms with Crippen molar-refractivity contribution in [3.63, 3.8) is 0 Å². The molecule has 3 aromatic carbocycles. The van der Waals surface area contributed by atoms with Crippen LogP contribution in [0.25, 0.3) is 0 Å². The summed E-state index contributed by atoms with van der Waals surface area (Å²) in [6.07, 6.45) is 2.18. The van der Waals surface area contributed by atoms with E-state index in [4.69, 9.17) is 0 Å². The van der Waals surface area contributed by atoms with Gasteiger partial charge < -0.3 is 15.7 Å². The van der Waals surface area contributed by atoms with Gasteiger partial charge in [-0.3, -0.25) is 0 Å². The van der Waals surface area contributed by atoms with E-state index in [9.17, 15) is 14.3 Å². The predicted octanol–water partition coefficient (Wildman–Crippen LogP) is 4.68. The average molecular weight is 378 g/mol. The van der Waals surface area contributed by atoms with Gasteiger partial charge in [0.2, 0.25) is 0 Å². The van der Waals surface area contributed by atoms with Crippen LogP contribution in [-0.2, 0) is 19.3 Å². The van der Waals surface area contributed by atoms with Gasteiger partial charge in [-0.1, -0.05) is 36.4 Å². The molecule has 0 aromatic heterocycles. The number of aromatic hydroxyl groups is 1. The highest BCUT2D eigenvalue weighted by Crippen LogP contribution is 2.14. The number of anilines is 1. The lowest BCUT2D eigenvalue weighted by Gasteiger charge is -2.09. The molecule has 0 fully saturated rings. The zero-order chi connectivity index (χ0) is 19.8. The van der Waals surface area contributed by atoms with E-state index < -0.39 is 0 Å². The molecule has 3 rings (SSSR count). The number of amides is 2. The fraction of sp³-hybridized carbons (Fsp3) is 0.174. The third kappa shape index (κ3) is 6.13. The average Bonchev–Trinajstić information content (AvgIpc) is 2.68. The molecule has 0 saturated heterocycles. The molecule has 0 unspecified atom stereocenters. The van der Waals surface area contributed by atoms with Crippen LogP contribution in [0.5, 0.6) is 5.75 Å². The number of halogens is 1. The molecule has 5 heteroatoms. The van der Waals surface area contributed by atoms with Crippen LogP contribution in [0.4, 0.5) is 14.9 Å². The van der Waals surface area contributed by atoms with Gasteiger partial charge in [-0.05, 0) is 72.4 Å². The van der Waals surface area contributed by atoms with Crippen molar-refractivity contribution >= 4 is 11.7 Å². The van der Waals surface area contributed by atoms with Crippen molar-refractivity contribution in [2.24, 2.45) is 0 Å². The minimum atomic E-state index is -0.263. The van der Waals surface area contributed by atoms with Gasteiger partial charge in [0.05, 0.1) is 0 Å². The fourth-order valence-electron chi connectivity index (χ4n) is 2.94. The smallest absolute Gasteiger partial charge is 0.319 e. The summed E-state index contributed by atoms with van der Waals surface area (Å²) in [6, 6.07) is 20.9. The maximum absolute atomic E-state index is 13.3. The molecule has 0 bridgehead atoms. The number of nitrogens with one attached hydrogen (secondary N) is 2. The number of aryl methyl sites for hydroxylation is 2. The zero-order valence-corrected chi connectivity index (χ0v) is 15.5. The van der Waals surface area contributed by atoms with E-state index in [1.54, 1.807) is 24.3 Å². The van der Waals surface area contributed by atoms with Gasteiger partial charge in [0, 0.05) is 12.2 Å². The number of phenols is 1. The van der Waals surface area contributed by atoms with Crippen LogP contribution in [0, 0.1) is 5.82 Å². The van der Waals surface area contributed by atoms with Gasteiger partial charge >= 0.3 is 6.03 Å². The Balaban J connectivity index is 1.46. The minimum absolute atomic E-state index is 0.225. The molecule has 0 aliphatic heterocycles. The second-order valence-corrected chi connectivity index (χ2v) is 6.63. The highest BCUT2D eigenvalue weighted by molar-refractivity contribution is 5.89. The Morgan fingerprint density at radius 1 is 0.821 bits per heavy atom. The first-order valence-corrected chi connectivity index (χ1v) is 9.25. The highest BCUT2D eigenvalue weighted by Gasteiger charge is 2.04. The summed E-state index contributed by atoms with van der Waals surface area (Å²) >= 11 is 0. The molecular formula is C23H23FN2O2. The normalized spacial score (nSPS) is 10.5. The molecule has 2 amide bonds. The maximum atomic E-state index is 13.3. The summed E-state index contributed by atoms with van der Waals surface area (Å²) in [5.41, 5.74) is 3.79. The van der Waals surface area contributed by atoms with E-state index in [-0.39, 0.29) is 17.6 Å². The zero-order valence-electron chi connectivity index (χ0n) is 15.5. The lowest BCUT2D eigenvalue weighted by molar-refractivity contribution is 0.252. The van der Waals surface area contributed by atoms with Crippen LogP contribution < -0.4 is 10.6 Å². The molecular weight excluding hydrogens is 355 g/mol. The van der Waals surface area contributed by atoms with Gasteiger partial charge in [-0.2, -0.15) is 0 Å². The van der Waals surface area contributed by atoms with Crippen molar-refractivity contribution in [3.8, 4) is 5.75 Å². The molecule has 28 heavy (non-hydrogen) atoms. The molecule has 0 heterocycles. The Labute approximate surface area is 164 Å². The summed E-state index contributed by atoms with van der Waals surface area (Å²) in [6.45, 7) is 0.496. The number of carbonyl (C=O) groups excluding carboxylic acids is 1. The SMILES string of the molecule is O=C(NCCc1ccc(O)cc1)Nc1cccc(CCc2cccc(F)c2)c1. The molecule has 3 N–H and O–H groups in total. The van der Waals surface area contributed by atoms with E-state index in [2.05, 4.69) is 10.6 Å². The van der Waals surface area contributed by atoms with Gasteiger partial charge in [0.25, 0.3) is 0 Å². The standard InChI is InChI=1S/C23H23FN2O2/c24-20-5-1-3-18(15-20)7-8-19-4-2-6-21(16-19)26-23(28)25-14-13-17-9-11-22(27)12-10-17/h1-6,9-12,15-16,27H,7-8,13-14H2,(H2,25,26,28). The van der Waals surface area contributed by atoms with Crippen molar-refractivity contribution in [1.29, 1.82) is 0 Å². The van der Waals surface area contributed by atoms with Crippen molar-refractivity contribution in [2.45, 2.75) is 19.3 Å². The first-order valence-electron chi connectivity index (χ1n) is 9.25. The van der Waals surface area contributed by atoms with E-state index in [1.165, 1.54) is 6.07 Å². The maximum Gasteiger partial charge on any atom is 0.319 e. The molecule has 0 aliphatic carbocycles. The van der Waals surface area contributed by atoms with Gasteiger partial charge in [-0.25, -0.2) is 9.18 Å². The van der Waals surface area contributed by atoms with E-state index >= 15 is 0 Å². The summed E-state index contributed by atoms with van der Waals surface area (Å²) in [5, 5.41) is 14.9. The minimum Gasteiger partial charge on any atom is -0.508 e. The predicted molar refractivity (Wildman–Crippen MR) is 109 cm³/mol. The van der Waals surface area contributed by atoms with Crippen LogP contribution in [0.3, 0.4) is 0 Å². The largest absolute Gasteiger partial charge is 0.508 e. The first-order chi connectivity index (χ1) is 13.6. The van der Waals surface area contributed by atoms with Crippen LogP contribution in [-0.4, -0.2) is 17.7 Å². The molecule has 0 spiro atoms. The lowest BCUT2D eigenvalue weighted by Crippen LogP contribution is -2.30. The Morgan fingerprint density at radius 3 is 2.21 bits per heavy atom. The van der Waals surface area contributed by atoms with Crippen LogP contribution in [0.15, 0.2) is 72.8 Å². The van der Waals surface area contributed by atoms with Crippen molar-refractivity contribution in [1.82, 2.24) is 5.32 Å². The Hall–Kier alpha value is -3.34. The Morgan fingerprint density at radius 2 is 1.50 bits per heavy atom. The topological polar surface area (TPSA) is 61.4 Å². The monoisotopic (exact) mass is 378 g/mol. The summed E-state index contributed by atoms with van der Waals surface area (Å²) in [4.78, 5) is 12.1. The fourth-order valence-corrected chi connectivity index (χ4v) is 2.94. The third-order valence-corrected chi connectivity index (χ3v) is 4.41. The number of rotatable bonds is 7. The highest BCUT2D eigenvalue weighted by atomic mass is 19.1. The molecule has 0 radical (unpaired) electrons.